The molecule has 0 radical (unpaired) electrons. The van der Waals surface area contributed by atoms with Crippen LogP contribution < -0.4 is 17.0 Å². The van der Waals surface area contributed by atoms with E-state index in [1.807, 2.05) is 13.8 Å². The molecule has 1 aromatic rings. The number of aromatic nitrogens is 2. The molecule has 18 heavy (non-hydrogen) atoms. The summed E-state index contributed by atoms with van der Waals surface area (Å²) in [6.07, 6.45) is 4.81. The van der Waals surface area contributed by atoms with Gasteiger partial charge in [0, 0.05) is 12.2 Å². The summed E-state index contributed by atoms with van der Waals surface area (Å²) in [7, 11) is 0. The lowest BCUT2D eigenvalue weighted by atomic mass is 10.2. The molecule has 98 valence electrons. The van der Waals surface area contributed by atoms with Crippen molar-refractivity contribution in [2.24, 2.45) is 5.73 Å². The minimum atomic E-state index is -0.513. The van der Waals surface area contributed by atoms with E-state index in [9.17, 15) is 14.4 Å². The second-order valence-corrected chi connectivity index (χ2v) is 4.01. The molecule has 1 unspecified atom stereocenters. The fraction of sp³-hybridized carbons (Fsp3) is 0.417. The van der Waals surface area contributed by atoms with Gasteiger partial charge in [-0.15, -0.1) is 0 Å². The van der Waals surface area contributed by atoms with Crippen molar-refractivity contribution in [3.63, 3.8) is 0 Å². The van der Waals surface area contributed by atoms with E-state index >= 15 is 0 Å². The third kappa shape index (κ3) is 3.27. The van der Waals surface area contributed by atoms with E-state index in [0.29, 0.717) is 0 Å². The van der Waals surface area contributed by atoms with Crippen LogP contribution in [0.15, 0.2) is 21.9 Å². The number of hydrogen-bond acceptors (Lipinski definition) is 4. The van der Waals surface area contributed by atoms with Gasteiger partial charge in [0.25, 0.3) is 5.56 Å². The predicted molar refractivity (Wildman–Crippen MR) is 69.4 cm³/mol. The lowest BCUT2D eigenvalue weighted by molar-refractivity contribution is -0.113. The summed E-state index contributed by atoms with van der Waals surface area (Å²) in [6.45, 7) is 3.70. The van der Waals surface area contributed by atoms with Crippen LogP contribution in [0.25, 0.3) is 6.08 Å². The standard InChI is InChI=1S/C12H17N3O3/c1-3-8(2)15-7-9(4-5-10(16)6-13)11(17)14-12(15)18/h4-5,7-8H,3,6,13H2,1-2H3,(H,14,17,18)/b5-4+. The Kier molecular flexibility index (Phi) is 4.79. The molecule has 1 rings (SSSR count). The van der Waals surface area contributed by atoms with Crippen LogP contribution >= 0.6 is 0 Å². The first-order valence-electron chi connectivity index (χ1n) is 5.76. The molecule has 6 heteroatoms. The van der Waals surface area contributed by atoms with Gasteiger partial charge in [0.05, 0.1) is 12.1 Å². The van der Waals surface area contributed by atoms with Gasteiger partial charge in [0.15, 0.2) is 5.78 Å². The monoisotopic (exact) mass is 251 g/mol. The summed E-state index contributed by atoms with van der Waals surface area (Å²) in [4.78, 5) is 36.4. The van der Waals surface area contributed by atoms with Crippen LogP contribution in [-0.4, -0.2) is 21.9 Å². The Bertz CT molecular complexity index is 569. The first-order chi connectivity index (χ1) is 8.49. The smallest absolute Gasteiger partial charge is 0.324 e. The molecule has 1 heterocycles. The second kappa shape index (κ2) is 6.11. The number of hydrogen-bond donors (Lipinski definition) is 2. The highest BCUT2D eigenvalue weighted by molar-refractivity contribution is 5.94. The zero-order chi connectivity index (χ0) is 13.7. The van der Waals surface area contributed by atoms with Crippen LogP contribution in [0.3, 0.4) is 0 Å². The predicted octanol–water partition coefficient (Wildman–Crippen LogP) is 0.0486. The molecular weight excluding hydrogens is 234 g/mol. The average molecular weight is 251 g/mol. The fourth-order valence-electron chi connectivity index (χ4n) is 1.39. The van der Waals surface area contributed by atoms with Crippen molar-refractivity contribution >= 4 is 11.9 Å². The highest BCUT2D eigenvalue weighted by Gasteiger charge is 2.07. The van der Waals surface area contributed by atoms with E-state index in [1.54, 1.807) is 0 Å². The number of rotatable bonds is 5. The van der Waals surface area contributed by atoms with Crippen LogP contribution in [0.2, 0.25) is 0 Å². The molecule has 0 aliphatic heterocycles. The maximum Gasteiger partial charge on any atom is 0.328 e. The first-order valence-corrected chi connectivity index (χ1v) is 5.76. The molecule has 0 aromatic carbocycles. The van der Waals surface area contributed by atoms with Gasteiger partial charge in [-0.3, -0.25) is 19.1 Å². The van der Waals surface area contributed by atoms with Gasteiger partial charge >= 0.3 is 5.69 Å². The lowest BCUT2D eigenvalue weighted by Gasteiger charge is -2.12. The van der Waals surface area contributed by atoms with Crippen LogP contribution in [0.4, 0.5) is 0 Å². The van der Waals surface area contributed by atoms with Gasteiger partial charge in [-0.25, -0.2) is 4.79 Å². The molecule has 1 aromatic heterocycles. The summed E-state index contributed by atoms with van der Waals surface area (Å²) in [5, 5.41) is 0. The lowest BCUT2D eigenvalue weighted by Crippen LogP contribution is -2.32. The van der Waals surface area contributed by atoms with E-state index in [-0.39, 0.29) is 23.9 Å². The summed E-state index contributed by atoms with van der Waals surface area (Å²) in [5.41, 5.74) is 4.46. The third-order valence-electron chi connectivity index (χ3n) is 2.71. The minimum Gasteiger partial charge on any atom is -0.324 e. The average Bonchev–Trinajstić information content (AvgIpc) is 2.36. The van der Waals surface area contributed by atoms with Crippen molar-refractivity contribution in [2.75, 3.05) is 6.54 Å². The highest BCUT2D eigenvalue weighted by Crippen LogP contribution is 2.06. The van der Waals surface area contributed by atoms with Crippen LogP contribution in [0.5, 0.6) is 0 Å². The van der Waals surface area contributed by atoms with E-state index in [1.165, 1.54) is 22.9 Å². The molecule has 0 fully saturated rings. The summed E-state index contributed by atoms with van der Waals surface area (Å²) >= 11 is 0. The van der Waals surface area contributed by atoms with Crippen LogP contribution in [0, 0.1) is 0 Å². The third-order valence-corrected chi connectivity index (χ3v) is 2.71. The van der Waals surface area contributed by atoms with E-state index < -0.39 is 11.2 Å². The Hall–Kier alpha value is -1.95. The summed E-state index contributed by atoms with van der Waals surface area (Å²) in [5.74, 6) is -0.282. The first kappa shape index (κ1) is 14.1. The summed E-state index contributed by atoms with van der Waals surface area (Å²) in [6, 6.07) is -0.0216. The number of carbonyl (C=O) groups is 1. The van der Waals surface area contributed by atoms with Gasteiger partial charge in [0.1, 0.15) is 0 Å². The molecule has 0 bridgehead atoms. The molecule has 0 saturated carbocycles. The number of nitrogens with two attached hydrogens (primary N) is 1. The van der Waals surface area contributed by atoms with Crippen molar-refractivity contribution in [2.45, 2.75) is 26.3 Å². The normalized spacial score (nSPS) is 12.8. The van der Waals surface area contributed by atoms with Crippen molar-refractivity contribution in [1.82, 2.24) is 9.55 Å². The van der Waals surface area contributed by atoms with Crippen molar-refractivity contribution < 1.29 is 4.79 Å². The molecule has 1 atom stereocenters. The Morgan fingerprint density at radius 1 is 1.56 bits per heavy atom. The number of H-pyrrole nitrogens is 1. The number of carbonyl (C=O) groups excluding carboxylic acids is 1. The zero-order valence-corrected chi connectivity index (χ0v) is 10.5. The molecule has 0 amide bonds. The van der Waals surface area contributed by atoms with Crippen molar-refractivity contribution in [1.29, 1.82) is 0 Å². The molecule has 3 N–H and O–H groups in total. The SMILES string of the molecule is CCC(C)n1cc(/C=C/C(=O)CN)c(=O)[nH]c1=O. The Balaban J connectivity index is 3.21. The molecular formula is C12H17N3O3. The van der Waals surface area contributed by atoms with E-state index in [2.05, 4.69) is 4.98 Å². The zero-order valence-electron chi connectivity index (χ0n) is 10.5. The Labute approximate surface area is 104 Å². The number of ketones is 1. The highest BCUT2D eigenvalue weighted by atomic mass is 16.2. The number of aromatic amines is 1. The second-order valence-electron chi connectivity index (χ2n) is 4.01. The fourth-order valence-corrected chi connectivity index (χ4v) is 1.39. The van der Waals surface area contributed by atoms with Gasteiger partial charge in [-0.1, -0.05) is 6.92 Å². The van der Waals surface area contributed by atoms with E-state index in [4.69, 9.17) is 5.73 Å². The van der Waals surface area contributed by atoms with Gasteiger partial charge in [0.2, 0.25) is 0 Å². The Morgan fingerprint density at radius 3 is 2.78 bits per heavy atom. The quantitative estimate of drug-likeness (QED) is 0.722. The molecule has 0 aliphatic rings. The largest absolute Gasteiger partial charge is 0.328 e. The Morgan fingerprint density at radius 2 is 2.22 bits per heavy atom. The topological polar surface area (TPSA) is 97.9 Å². The molecule has 0 spiro atoms. The number of nitrogens with zero attached hydrogens (tertiary/aromatic N) is 1. The van der Waals surface area contributed by atoms with E-state index in [0.717, 1.165) is 6.42 Å². The van der Waals surface area contributed by atoms with Crippen molar-refractivity contribution in [3.8, 4) is 0 Å². The summed E-state index contributed by atoms with van der Waals surface area (Å²) < 4.78 is 1.44. The maximum atomic E-state index is 11.6. The van der Waals surface area contributed by atoms with Gasteiger partial charge in [-0.05, 0) is 25.5 Å². The maximum absolute atomic E-state index is 11.6. The molecule has 0 aliphatic carbocycles. The van der Waals surface area contributed by atoms with Crippen molar-refractivity contribution in [3.05, 3.63) is 38.7 Å². The minimum absolute atomic E-state index is 0.0216. The number of nitrogens with one attached hydrogen (secondary N) is 1. The van der Waals surface area contributed by atoms with Crippen LogP contribution in [-0.2, 0) is 4.79 Å². The van der Waals surface area contributed by atoms with Gasteiger partial charge in [-0.2, -0.15) is 0 Å². The molecule has 6 nitrogen and oxygen atoms in total. The molecule has 0 saturated heterocycles. The van der Waals surface area contributed by atoms with Crippen LogP contribution in [0.1, 0.15) is 31.9 Å². The van der Waals surface area contributed by atoms with Gasteiger partial charge < -0.3 is 5.73 Å².